The van der Waals surface area contributed by atoms with E-state index < -0.39 is 0 Å². The van der Waals surface area contributed by atoms with E-state index in [4.69, 9.17) is 0 Å². The molecule has 0 saturated carbocycles. The van der Waals surface area contributed by atoms with Gasteiger partial charge in [-0.3, -0.25) is 4.79 Å². The number of aromatic nitrogens is 2. The molecule has 2 aromatic carbocycles. The molecule has 5 nitrogen and oxygen atoms in total. The van der Waals surface area contributed by atoms with Crippen LogP contribution < -0.4 is 10.2 Å². The summed E-state index contributed by atoms with van der Waals surface area (Å²) in [6.07, 6.45) is 0. The highest BCUT2D eigenvalue weighted by atomic mass is 16.1. The smallest absolute Gasteiger partial charge is 0.272 e. The summed E-state index contributed by atoms with van der Waals surface area (Å²) in [6.45, 7) is 1.20. The number of benzene rings is 2. The molecule has 25 heavy (non-hydrogen) atoms. The maximum absolute atomic E-state index is 12.2. The number of anilines is 1. The molecule has 0 radical (unpaired) electrons. The van der Waals surface area contributed by atoms with Gasteiger partial charge in [-0.15, -0.1) is 10.2 Å². The fourth-order valence-electron chi connectivity index (χ4n) is 2.46. The average molecular weight is 332 g/mol. The van der Waals surface area contributed by atoms with E-state index >= 15 is 0 Å². The normalized spacial score (nSPS) is 10.3. The van der Waals surface area contributed by atoms with Crippen LogP contribution in [0.25, 0.3) is 0 Å². The molecular formula is C20H20N4O. The Kier molecular flexibility index (Phi) is 5.36. The Morgan fingerprint density at radius 3 is 2.12 bits per heavy atom. The molecule has 1 aromatic heterocycles. The maximum atomic E-state index is 12.2. The topological polar surface area (TPSA) is 58.1 Å². The molecule has 0 atom stereocenters. The molecule has 0 aliphatic heterocycles. The van der Waals surface area contributed by atoms with Crippen LogP contribution in [0.1, 0.15) is 21.6 Å². The third-order valence-electron chi connectivity index (χ3n) is 3.83. The molecule has 0 unspecified atom stereocenters. The van der Waals surface area contributed by atoms with Gasteiger partial charge < -0.3 is 10.2 Å². The van der Waals surface area contributed by atoms with Crippen LogP contribution in [0, 0.1) is 0 Å². The third-order valence-corrected chi connectivity index (χ3v) is 3.83. The molecule has 0 saturated heterocycles. The predicted octanol–water partition coefficient (Wildman–Crippen LogP) is 3.04. The van der Waals surface area contributed by atoms with Gasteiger partial charge in [-0.1, -0.05) is 60.7 Å². The minimum atomic E-state index is -0.228. The summed E-state index contributed by atoms with van der Waals surface area (Å²) in [7, 11) is 1.95. The van der Waals surface area contributed by atoms with Gasteiger partial charge in [0.05, 0.1) is 0 Å². The summed E-state index contributed by atoms with van der Waals surface area (Å²) in [5.74, 6) is 0.497. The maximum Gasteiger partial charge on any atom is 0.272 e. The van der Waals surface area contributed by atoms with Crippen LogP contribution in [0.2, 0.25) is 0 Å². The lowest BCUT2D eigenvalue weighted by Gasteiger charge is -2.17. The highest BCUT2D eigenvalue weighted by Crippen LogP contribution is 2.12. The highest BCUT2D eigenvalue weighted by Gasteiger charge is 2.10. The molecule has 0 aliphatic carbocycles. The van der Waals surface area contributed by atoms with Crippen molar-refractivity contribution in [3.63, 3.8) is 0 Å². The summed E-state index contributed by atoms with van der Waals surface area (Å²) >= 11 is 0. The second-order valence-electron chi connectivity index (χ2n) is 5.79. The summed E-state index contributed by atoms with van der Waals surface area (Å²) in [4.78, 5) is 14.2. The van der Waals surface area contributed by atoms with Crippen LogP contribution in [-0.4, -0.2) is 23.2 Å². The summed E-state index contributed by atoms with van der Waals surface area (Å²) in [5, 5.41) is 11.1. The molecule has 126 valence electrons. The van der Waals surface area contributed by atoms with E-state index in [1.165, 1.54) is 5.56 Å². The van der Waals surface area contributed by atoms with Crippen LogP contribution in [0.15, 0.2) is 72.8 Å². The van der Waals surface area contributed by atoms with E-state index in [0.717, 1.165) is 17.9 Å². The quantitative estimate of drug-likeness (QED) is 0.754. The van der Waals surface area contributed by atoms with E-state index in [1.54, 1.807) is 6.07 Å². The van der Waals surface area contributed by atoms with Gasteiger partial charge in [0, 0.05) is 20.1 Å². The number of hydrogen-bond acceptors (Lipinski definition) is 4. The number of carbonyl (C=O) groups excluding carboxylic acids is 1. The van der Waals surface area contributed by atoms with Crippen molar-refractivity contribution in [3.8, 4) is 0 Å². The van der Waals surface area contributed by atoms with Gasteiger partial charge in [0.2, 0.25) is 0 Å². The molecule has 0 bridgehead atoms. The van der Waals surface area contributed by atoms with Gasteiger partial charge in [-0.25, -0.2) is 0 Å². The molecular weight excluding hydrogens is 312 g/mol. The van der Waals surface area contributed by atoms with Crippen LogP contribution in [-0.2, 0) is 13.1 Å². The number of carbonyl (C=O) groups is 1. The van der Waals surface area contributed by atoms with Crippen LogP contribution >= 0.6 is 0 Å². The SMILES string of the molecule is CN(Cc1ccccc1)c1ccc(C(=O)NCc2ccccc2)nn1. The monoisotopic (exact) mass is 332 g/mol. The summed E-state index contributed by atoms with van der Waals surface area (Å²) in [5.41, 5.74) is 2.55. The van der Waals surface area contributed by atoms with Crippen LogP contribution in [0.4, 0.5) is 5.82 Å². The van der Waals surface area contributed by atoms with Crippen molar-refractivity contribution in [1.82, 2.24) is 15.5 Å². The highest BCUT2D eigenvalue weighted by molar-refractivity contribution is 5.92. The van der Waals surface area contributed by atoms with Crippen molar-refractivity contribution < 1.29 is 4.79 Å². The van der Waals surface area contributed by atoms with Gasteiger partial charge >= 0.3 is 0 Å². The van der Waals surface area contributed by atoms with E-state index in [0.29, 0.717) is 12.2 Å². The standard InChI is InChI=1S/C20H20N4O/c1-24(15-17-10-6-3-7-11-17)19-13-12-18(22-23-19)20(25)21-14-16-8-4-2-5-9-16/h2-13H,14-15H2,1H3,(H,21,25). The van der Waals surface area contributed by atoms with Gasteiger partial charge in [-0.2, -0.15) is 0 Å². The van der Waals surface area contributed by atoms with E-state index in [-0.39, 0.29) is 5.91 Å². The number of hydrogen-bond donors (Lipinski definition) is 1. The zero-order valence-corrected chi connectivity index (χ0v) is 14.1. The number of amides is 1. The largest absolute Gasteiger partial charge is 0.354 e. The van der Waals surface area contributed by atoms with Gasteiger partial charge in [-0.05, 0) is 23.3 Å². The number of nitrogens with one attached hydrogen (secondary N) is 1. The minimum Gasteiger partial charge on any atom is -0.354 e. The first-order valence-corrected chi connectivity index (χ1v) is 8.13. The fourth-order valence-corrected chi connectivity index (χ4v) is 2.46. The Labute approximate surface area is 147 Å². The van der Waals surface area contributed by atoms with E-state index in [1.807, 2.05) is 66.5 Å². The number of nitrogens with zero attached hydrogens (tertiary/aromatic N) is 3. The molecule has 3 aromatic rings. The number of rotatable bonds is 6. The van der Waals surface area contributed by atoms with Gasteiger partial charge in [0.25, 0.3) is 5.91 Å². The first-order valence-electron chi connectivity index (χ1n) is 8.13. The molecule has 0 aliphatic rings. The molecule has 1 amide bonds. The van der Waals surface area contributed by atoms with Crippen molar-refractivity contribution in [3.05, 3.63) is 89.6 Å². The molecule has 3 rings (SSSR count). The lowest BCUT2D eigenvalue weighted by atomic mass is 10.2. The van der Waals surface area contributed by atoms with Crippen molar-refractivity contribution in [2.75, 3.05) is 11.9 Å². The Bertz CT molecular complexity index is 804. The van der Waals surface area contributed by atoms with Gasteiger partial charge in [0.1, 0.15) is 0 Å². The van der Waals surface area contributed by atoms with Crippen LogP contribution in [0.3, 0.4) is 0 Å². The summed E-state index contributed by atoms with van der Waals surface area (Å²) in [6, 6.07) is 23.4. The van der Waals surface area contributed by atoms with Crippen LogP contribution in [0.5, 0.6) is 0 Å². The van der Waals surface area contributed by atoms with Gasteiger partial charge in [0.15, 0.2) is 11.5 Å². The zero-order chi connectivity index (χ0) is 17.5. The lowest BCUT2D eigenvalue weighted by Crippen LogP contribution is -2.25. The Morgan fingerprint density at radius 2 is 1.52 bits per heavy atom. The average Bonchev–Trinajstić information content (AvgIpc) is 2.68. The predicted molar refractivity (Wildman–Crippen MR) is 98.2 cm³/mol. The zero-order valence-electron chi connectivity index (χ0n) is 14.1. The molecule has 0 spiro atoms. The Balaban J connectivity index is 1.58. The third kappa shape index (κ3) is 4.64. The summed E-state index contributed by atoms with van der Waals surface area (Å²) < 4.78 is 0. The Hall–Kier alpha value is -3.21. The first kappa shape index (κ1) is 16.6. The molecule has 0 fully saturated rings. The fraction of sp³-hybridized carbons (Fsp3) is 0.150. The molecule has 1 N–H and O–H groups in total. The van der Waals surface area contributed by atoms with Crippen molar-refractivity contribution in [2.45, 2.75) is 13.1 Å². The lowest BCUT2D eigenvalue weighted by molar-refractivity contribution is 0.0945. The second-order valence-corrected chi connectivity index (χ2v) is 5.79. The van der Waals surface area contributed by atoms with Crippen molar-refractivity contribution in [1.29, 1.82) is 0 Å². The minimum absolute atomic E-state index is 0.228. The Morgan fingerprint density at radius 1 is 0.880 bits per heavy atom. The first-order chi connectivity index (χ1) is 12.2. The van der Waals surface area contributed by atoms with E-state index in [9.17, 15) is 4.79 Å². The van der Waals surface area contributed by atoms with Crippen molar-refractivity contribution >= 4 is 11.7 Å². The van der Waals surface area contributed by atoms with Crippen molar-refractivity contribution in [2.24, 2.45) is 0 Å². The van der Waals surface area contributed by atoms with E-state index in [2.05, 4.69) is 27.6 Å². The second kappa shape index (κ2) is 8.06. The molecule has 1 heterocycles. The molecule has 5 heteroatoms.